The minimum atomic E-state index is -6.68. The maximum absolute atomic E-state index is 13.6. The maximum Gasteiger partial charge on any atom is 0.431 e. The number of hydrogen-bond donors (Lipinski definition) is 1. The molecule has 0 aromatic rings. The molecular weight excluding hydrogens is 475 g/mol. The SMILES string of the molecule is C.C[N+](C)(CCCNS(=O)(=O)CCC(F)(F)CC(F)(C(F)(F)F)C(F)(F)F)CC(=O)[O-]. The standard InChI is InChI=1S/C14H21F9N2O4S.CH4/c1-25(2,8-10(26)27)6-3-5-24-30(28,29)7-4-11(15,16)9-12(17,13(18,19)20)14(21,22)23;/h24H,3-9H2,1-2H3;1H4. The van der Waals surface area contributed by atoms with Crippen LogP contribution in [0.2, 0.25) is 0 Å². The van der Waals surface area contributed by atoms with Crippen LogP contribution in [-0.4, -0.2) is 82.3 Å². The van der Waals surface area contributed by atoms with Gasteiger partial charge < -0.3 is 14.4 Å². The number of sulfonamides is 1. The summed E-state index contributed by atoms with van der Waals surface area (Å²) < 4.78 is 140. The molecule has 31 heavy (non-hydrogen) atoms. The molecule has 0 aromatic heterocycles. The van der Waals surface area contributed by atoms with Crippen molar-refractivity contribution in [3.63, 3.8) is 0 Å². The minimum absolute atomic E-state index is 0. The number of halogens is 9. The third-order valence-corrected chi connectivity index (χ3v) is 5.34. The average Bonchev–Trinajstić information content (AvgIpc) is 2.46. The van der Waals surface area contributed by atoms with E-state index in [4.69, 9.17) is 0 Å². The molecule has 0 aliphatic rings. The second-order valence-corrected chi connectivity index (χ2v) is 9.26. The van der Waals surface area contributed by atoms with Crippen LogP contribution in [0.4, 0.5) is 39.5 Å². The molecule has 0 bridgehead atoms. The van der Waals surface area contributed by atoms with Crippen LogP contribution in [0.3, 0.4) is 0 Å². The van der Waals surface area contributed by atoms with Gasteiger partial charge in [-0.05, 0) is 0 Å². The highest BCUT2D eigenvalue weighted by Gasteiger charge is 2.74. The molecule has 16 heteroatoms. The number of nitrogens with one attached hydrogen (secondary N) is 1. The Labute approximate surface area is 174 Å². The highest BCUT2D eigenvalue weighted by molar-refractivity contribution is 7.89. The summed E-state index contributed by atoms with van der Waals surface area (Å²) in [6, 6.07) is 0. The van der Waals surface area contributed by atoms with Gasteiger partial charge in [-0.3, -0.25) is 0 Å². The number of nitrogens with zero attached hydrogens (tertiary/aromatic N) is 1. The van der Waals surface area contributed by atoms with Crippen LogP contribution in [0.1, 0.15) is 26.7 Å². The van der Waals surface area contributed by atoms with Gasteiger partial charge in [-0.1, -0.05) is 7.43 Å². The van der Waals surface area contributed by atoms with Crippen molar-refractivity contribution in [2.24, 2.45) is 0 Å². The van der Waals surface area contributed by atoms with E-state index in [1.165, 1.54) is 14.1 Å². The Hall–Kier alpha value is -1.29. The second-order valence-electron chi connectivity index (χ2n) is 7.34. The van der Waals surface area contributed by atoms with Crippen molar-refractivity contribution in [1.82, 2.24) is 4.72 Å². The van der Waals surface area contributed by atoms with E-state index in [0.29, 0.717) is 0 Å². The van der Waals surface area contributed by atoms with E-state index >= 15 is 0 Å². The van der Waals surface area contributed by atoms with Gasteiger partial charge in [0.25, 0.3) is 5.92 Å². The summed E-state index contributed by atoms with van der Waals surface area (Å²) in [6.45, 7) is -0.642. The van der Waals surface area contributed by atoms with Crippen molar-refractivity contribution in [2.45, 2.75) is 50.6 Å². The predicted molar refractivity (Wildman–Crippen MR) is 90.1 cm³/mol. The Morgan fingerprint density at radius 3 is 1.81 bits per heavy atom. The molecule has 0 fully saturated rings. The van der Waals surface area contributed by atoms with E-state index in [-0.39, 0.29) is 31.4 Å². The summed E-state index contributed by atoms with van der Waals surface area (Å²) in [5.74, 6) is -7.85. The smallest absolute Gasteiger partial charge is 0.431 e. The van der Waals surface area contributed by atoms with Gasteiger partial charge in [0.05, 0.1) is 38.8 Å². The normalized spacial score (nSPS) is 14.3. The van der Waals surface area contributed by atoms with Gasteiger partial charge in [0.15, 0.2) is 0 Å². The van der Waals surface area contributed by atoms with Crippen LogP contribution >= 0.6 is 0 Å². The Balaban J connectivity index is 0. The van der Waals surface area contributed by atoms with Crippen molar-refractivity contribution >= 4 is 16.0 Å². The van der Waals surface area contributed by atoms with Gasteiger partial charge in [0, 0.05) is 19.4 Å². The van der Waals surface area contributed by atoms with Crippen LogP contribution in [0.15, 0.2) is 0 Å². The summed E-state index contributed by atoms with van der Waals surface area (Å²) in [7, 11) is -1.57. The predicted octanol–water partition coefficient (Wildman–Crippen LogP) is 2.01. The van der Waals surface area contributed by atoms with Crippen LogP contribution in [0, 0.1) is 0 Å². The number of carbonyl (C=O) groups is 1. The highest BCUT2D eigenvalue weighted by atomic mass is 32.2. The van der Waals surface area contributed by atoms with Crippen molar-refractivity contribution in [2.75, 3.05) is 39.5 Å². The Kier molecular flexibility index (Phi) is 10.9. The molecule has 1 N–H and O–H groups in total. The monoisotopic (exact) mass is 500 g/mol. The molecule has 6 nitrogen and oxygen atoms in total. The number of alkyl halides is 9. The first kappa shape index (κ1) is 31.9. The van der Waals surface area contributed by atoms with Gasteiger partial charge in [-0.25, -0.2) is 26.3 Å². The summed E-state index contributed by atoms with van der Waals surface area (Å²) in [6.07, 6.45) is -18.6. The van der Waals surface area contributed by atoms with Gasteiger partial charge in [0.2, 0.25) is 10.0 Å². The molecule has 0 radical (unpaired) electrons. The number of rotatable bonds is 12. The first-order valence-corrected chi connectivity index (χ1v) is 9.88. The number of carbonyl (C=O) groups excluding carboxylic acids is 1. The molecule has 0 saturated heterocycles. The molecule has 0 aromatic carbocycles. The number of likely N-dealkylation sites (N-methyl/N-ethyl adjacent to an activating group) is 1. The Morgan fingerprint density at radius 1 is 0.968 bits per heavy atom. The molecule has 188 valence electrons. The Bertz CT molecular complexity index is 678. The van der Waals surface area contributed by atoms with Crippen molar-refractivity contribution < 1.29 is 62.3 Å². The average molecular weight is 500 g/mol. The van der Waals surface area contributed by atoms with Crippen molar-refractivity contribution in [3.8, 4) is 0 Å². The van der Waals surface area contributed by atoms with E-state index in [9.17, 15) is 57.8 Å². The lowest BCUT2D eigenvalue weighted by atomic mass is 9.94. The quantitative estimate of drug-likeness (QED) is 0.252. The largest absolute Gasteiger partial charge is 0.544 e. The van der Waals surface area contributed by atoms with E-state index in [0.717, 1.165) is 0 Å². The lowest BCUT2D eigenvalue weighted by Crippen LogP contribution is -2.56. The first-order chi connectivity index (χ1) is 13.0. The molecule has 0 rings (SSSR count). The second kappa shape index (κ2) is 10.6. The number of carboxylic acids is 1. The van der Waals surface area contributed by atoms with Crippen LogP contribution < -0.4 is 9.83 Å². The fraction of sp³-hybridized carbons (Fsp3) is 0.933. The third kappa shape index (κ3) is 10.7. The minimum Gasteiger partial charge on any atom is -0.544 e. The maximum atomic E-state index is 13.6. The molecule has 0 heterocycles. The summed E-state index contributed by atoms with van der Waals surface area (Å²) in [5.41, 5.74) is -6.21. The van der Waals surface area contributed by atoms with Gasteiger partial charge >= 0.3 is 18.0 Å². The number of aliphatic carboxylic acids is 1. The zero-order chi connectivity index (χ0) is 24.2. The van der Waals surface area contributed by atoms with E-state index < -0.39 is 65.1 Å². The summed E-state index contributed by atoms with van der Waals surface area (Å²) in [4.78, 5) is 10.5. The van der Waals surface area contributed by atoms with E-state index in [1.807, 2.05) is 4.72 Å². The summed E-state index contributed by atoms with van der Waals surface area (Å²) in [5, 5.41) is 10.5. The molecule has 0 saturated carbocycles. The molecule has 0 spiro atoms. The third-order valence-electron chi connectivity index (χ3n) is 3.96. The Morgan fingerprint density at radius 2 is 1.42 bits per heavy atom. The molecular formula is C15H25F9N2O4S. The zero-order valence-electron chi connectivity index (χ0n) is 15.8. The molecule has 0 unspecified atom stereocenters. The zero-order valence-corrected chi connectivity index (χ0v) is 16.7. The summed E-state index contributed by atoms with van der Waals surface area (Å²) >= 11 is 0. The molecule has 0 amide bonds. The van der Waals surface area contributed by atoms with Crippen molar-refractivity contribution in [1.29, 1.82) is 0 Å². The molecule has 0 aliphatic carbocycles. The number of quaternary nitrogens is 1. The topological polar surface area (TPSA) is 86.3 Å². The molecule has 0 aliphatic heterocycles. The van der Waals surface area contributed by atoms with Crippen LogP contribution in [0.25, 0.3) is 0 Å². The van der Waals surface area contributed by atoms with E-state index in [1.54, 1.807) is 0 Å². The lowest BCUT2D eigenvalue weighted by molar-refractivity contribution is -0.884. The number of hydrogen-bond acceptors (Lipinski definition) is 4. The first-order valence-electron chi connectivity index (χ1n) is 8.23. The van der Waals surface area contributed by atoms with Crippen LogP contribution in [0.5, 0.6) is 0 Å². The lowest BCUT2D eigenvalue weighted by Gasteiger charge is -2.32. The van der Waals surface area contributed by atoms with Gasteiger partial charge in [-0.15, -0.1) is 0 Å². The number of carboxylic acid groups (broad SMARTS) is 1. The van der Waals surface area contributed by atoms with Gasteiger partial charge in [0.1, 0.15) is 6.54 Å². The fourth-order valence-electron chi connectivity index (χ4n) is 2.33. The molecule has 0 atom stereocenters. The highest BCUT2D eigenvalue weighted by Crippen LogP contribution is 2.51. The van der Waals surface area contributed by atoms with Gasteiger partial charge in [-0.2, -0.15) is 26.3 Å². The van der Waals surface area contributed by atoms with Crippen LogP contribution in [-0.2, 0) is 14.8 Å². The fourth-order valence-corrected chi connectivity index (χ4v) is 3.49. The van der Waals surface area contributed by atoms with E-state index in [2.05, 4.69) is 0 Å². The van der Waals surface area contributed by atoms with Crippen molar-refractivity contribution in [3.05, 3.63) is 0 Å².